The first kappa shape index (κ1) is 20.7. The molecule has 2 amide bonds. The molecule has 1 aliphatic rings. The van der Waals surface area contributed by atoms with Crippen molar-refractivity contribution in [2.45, 2.75) is 0 Å². The number of ether oxygens (including phenoxy) is 1. The molecule has 3 aromatic rings. The number of carbonyl (C=O) groups excluding carboxylic acids is 1. The van der Waals surface area contributed by atoms with Gasteiger partial charge in [-0.1, -0.05) is 11.6 Å². The second-order valence-electron chi connectivity index (χ2n) is 6.92. The molecule has 0 radical (unpaired) electrons. The van der Waals surface area contributed by atoms with E-state index in [1.165, 1.54) is 0 Å². The Kier molecular flexibility index (Phi) is 6.26. The highest BCUT2D eigenvalue weighted by atomic mass is 79.9. The number of halogens is 2. The first-order chi connectivity index (χ1) is 14.5. The maximum Gasteiger partial charge on any atom is 0.323 e. The van der Waals surface area contributed by atoms with Crippen LogP contribution in [0.25, 0.3) is 11.3 Å². The number of hydrogen-bond donors (Lipinski definition) is 2. The zero-order valence-electron chi connectivity index (χ0n) is 16.4. The van der Waals surface area contributed by atoms with E-state index in [4.69, 9.17) is 16.3 Å². The molecule has 1 fully saturated rings. The highest BCUT2D eigenvalue weighted by molar-refractivity contribution is 9.10. The van der Waals surface area contributed by atoms with Crippen LogP contribution in [0.1, 0.15) is 0 Å². The Morgan fingerprint density at radius 1 is 1.10 bits per heavy atom. The molecule has 30 heavy (non-hydrogen) atoms. The van der Waals surface area contributed by atoms with Crippen molar-refractivity contribution in [1.29, 1.82) is 0 Å². The van der Waals surface area contributed by atoms with Gasteiger partial charge in [-0.05, 0) is 58.4 Å². The predicted octanol–water partition coefficient (Wildman–Crippen LogP) is 4.98. The molecule has 2 N–H and O–H groups in total. The monoisotopic (exact) mass is 489 g/mol. The Bertz CT molecular complexity index is 1030. The minimum absolute atomic E-state index is 0.327. The van der Waals surface area contributed by atoms with Crippen LogP contribution in [-0.4, -0.2) is 42.1 Å². The van der Waals surface area contributed by atoms with Gasteiger partial charge in [0.25, 0.3) is 0 Å². The molecule has 2 heterocycles. The summed E-state index contributed by atoms with van der Waals surface area (Å²) in [5, 5.41) is 10.7. The molecule has 156 valence electrons. The zero-order valence-corrected chi connectivity index (χ0v) is 18.7. The summed E-state index contributed by atoms with van der Waals surface area (Å²) in [6.45, 7) is 2.96. The topological polar surface area (TPSA) is 71.4 Å². The molecule has 0 atom stereocenters. The number of amides is 2. The largest absolute Gasteiger partial charge is 0.378 e. The van der Waals surface area contributed by atoms with Gasteiger partial charge in [-0.15, -0.1) is 0 Å². The van der Waals surface area contributed by atoms with E-state index in [2.05, 4.69) is 42.6 Å². The standard InChI is InChI=1S/C21H21BrClN5O2/c1-27-20(19(22)13-24-27)14-10-17(12-18(11-14)28-6-8-30-9-7-28)26-21(29)25-16-4-2-15(23)3-5-16/h2-5,10-13H,6-9H2,1H3,(H2,25,26,29). The average Bonchev–Trinajstić information content (AvgIpc) is 3.08. The molecule has 7 nitrogen and oxygen atoms in total. The fourth-order valence-electron chi connectivity index (χ4n) is 3.39. The summed E-state index contributed by atoms with van der Waals surface area (Å²) in [5.41, 5.74) is 4.26. The third-order valence-electron chi connectivity index (χ3n) is 4.82. The molecule has 1 aliphatic heterocycles. The van der Waals surface area contributed by atoms with E-state index in [-0.39, 0.29) is 6.03 Å². The molecule has 1 aromatic heterocycles. The molecule has 1 saturated heterocycles. The van der Waals surface area contributed by atoms with E-state index in [9.17, 15) is 4.79 Å². The van der Waals surface area contributed by atoms with Crippen molar-refractivity contribution in [2.24, 2.45) is 7.05 Å². The first-order valence-electron chi connectivity index (χ1n) is 9.49. The predicted molar refractivity (Wildman–Crippen MR) is 123 cm³/mol. The molecule has 0 bridgehead atoms. The number of aryl methyl sites for hydroxylation is 1. The number of morpholine rings is 1. The van der Waals surface area contributed by atoms with Gasteiger partial charge in [0, 0.05) is 47.8 Å². The number of nitrogens with one attached hydrogen (secondary N) is 2. The van der Waals surface area contributed by atoms with Crippen LogP contribution >= 0.6 is 27.5 Å². The van der Waals surface area contributed by atoms with Crippen molar-refractivity contribution in [3.8, 4) is 11.3 Å². The normalized spacial score (nSPS) is 13.9. The summed E-state index contributed by atoms with van der Waals surface area (Å²) in [4.78, 5) is 14.8. The lowest BCUT2D eigenvalue weighted by atomic mass is 10.1. The summed E-state index contributed by atoms with van der Waals surface area (Å²) in [6, 6.07) is 12.7. The molecule has 0 unspecified atom stereocenters. The lowest BCUT2D eigenvalue weighted by Crippen LogP contribution is -2.36. The Morgan fingerprint density at radius 3 is 2.47 bits per heavy atom. The smallest absolute Gasteiger partial charge is 0.323 e. The van der Waals surface area contributed by atoms with E-state index in [1.807, 2.05) is 19.2 Å². The van der Waals surface area contributed by atoms with Gasteiger partial charge in [-0.25, -0.2) is 4.79 Å². The molecule has 9 heteroatoms. The Morgan fingerprint density at radius 2 is 1.80 bits per heavy atom. The third-order valence-corrected chi connectivity index (χ3v) is 5.65. The number of anilines is 3. The highest BCUT2D eigenvalue weighted by Crippen LogP contribution is 2.33. The number of hydrogen-bond acceptors (Lipinski definition) is 4. The number of aromatic nitrogens is 2. The third kappa shape index (κ3) is 4.77. The zero-order chi connectivity index (χ0) is 21.1. The molecule has 0 aliphatic carbocycles. The van der Waals surface area contributed by atoms with Crippen molar-refractivity contribution >= 4 is 50.6 Å². The van der Waals surface area contributed by atoms with Gasteiger partial charge in [0.05, 0.1) is 29.6 Å². The number of benzene rings is 2. The van der Waals surface area contributed by atoms with Crippen molar-refractivity contribution in [2.75, 3.05) is 41.8 Å². The van der Waals surface area contributed by atoms with E-state index in [1.54, 1.807) is 35.1 Å². The van der Waals surface area contributed by atoms with Gasteiger partial charge in [-0.3, -0.25) is 4.68 Å². The van der Waals surface area contributed by atoms with Crippen LogP contribution in [0.4, 0.5) is 21.9 Å². The minimum Gasteiger partial charge on any atom is -0.378 e. The van der Waals surface area contributed by atoms with Crippen LogP contribution in [0.3, 0.4) is 0 Å². The maximum absolute atomic E-state index is 12.6. The highest BCUT2D eigenvalue weighted by Gasteiger charge is 2.17. The Labute approximate surface area is 188 Å². The van der Waals surface area contributed by atoms with E-state index in [0.29, 0.717) is 29.6 Å². The van der Waals surface area contributed by atoms with Crippen LogP contribution in [0.5, 0.6) is 0 Å². The van der Waals surface area contributed by atoms with Crippen molar-refractivity contribution in [1.82, 2.24) is 9.78 Å². The molecule has 0 saturated carbocycles. The van der Waals surface area contributed by atoms with Gasteiger partial charge in [0.15, 0.2) is 0 Å². The molecule has 2 aromatic carbocycles. The number of rotatable bonds is 4. The van der Waals surface area contributed by atoms with Gasteiger partial charge < -0.3 is 20.3 Å². The van der Waals surface area contributed by atoms with Gasteiger partial charge >= 0.3 is 6.03 Å². The fourth-order valence-corrected chi connectivity index (χ4v) is 4.09. The van der Waals surface area contributed by atoms with Crippen LogP contribution in [-0.2, 0) is 11.8 Å². The Hall–Kier alpha value is -2.55. The number of nitrogens with zero attached hydrogens (tertiary/aromatic N) is 3. The molecular formula is C21H21BrClN5O2. The van der Waals surface area contributed by atoms with Crippen LogP contribution in [0, 0.1) is 0 Å². The van der Waals surface area contributed by atoms with E-state index >= 15 is 0 Å². The SMILES string of the molecule is Cn1ncc(Br)c1-c1cc(NC(=O)Nc2ccc(Cl)cc2)cc(N2CCOCC2)c1. The first-order valence-corrected chi connectivity index (χ1v) is 10.7. The molecule has 0 spiro atoms. The number of carbonyl (C=O) groups is 1. The second kappa shape index (κ2) is 9.07. The Balaban J connectivity index is 1.63. The van der Waals surface area contributed by atoms with Gasteiger partial charge in [-0.2, -0.15) is 5.10 Å². The van der Waals surface area contributed by atoms with Crippen LogP contribution in [0.2, 0.25) is 5.02 Å². The minimum atomic E-state index is -0.327. The summed E-state index contributed by atoms with van der Waals surface area (Å²) in [6.07, 6.45) is 1.76. The van der Waals surface area contributed by atoms with Crippen LogP contribution < -0.4 is 15.5 Å². The fraction of sp³-hybridized carbons (Fsp3) is 0.238. The quantitative estimate of drug-likeness (QED) is 0.541. The summed E-state index contributed by atoms with van der Waals surface area (Å²) in [5.74, 6) is 0. The van der Waals surface area contributed by atoms with E-state index in [0.717, 1.165) is 34.5 Å². The van der Waals surface area contributed by atoms with E-state index < -0.39 is 0 Å². The second-order valence-corrected chi connectivity index (χ2v) is 8.21. The summed E-state index contributed by atoms with van der Waals surface area (Å²) >= 11 is 9.48. The summed E-state index contributed by atoms with van der Waals surface area (Å²) in [7, 11) is 1.89. The maximum atomic E-state index is 12.6. The summed E-state index contributed by atoms with van der Waals surface area (Å²) < 4.78 is 8.17. The lowest BCUT2D eigenvalue weighted by Gasteiger charge is -2.29. The van der Waals surface area contributed by atoms with Gasteiger partial charge in [0.1, 0.15) is 0 Å². The van der Waals surface area contributed by atoms with Gasteiger partial charge in [0.2, 0.25) is 0 Å². The lowest BCUT2D eigenvalue weighted by molar-refractivity contribution is 0.122. The van der Waals surface area contributed by atoms with Crippen LogP contribution in [0.15, 0.2) is 53.1 Å². The molecule has 4 rings (SSSR count). The van der Waals surface area contributed by atoms with Crippen molar-refractivity contribution in [3.63, 3.8) is 0 Å². The van der Waals surface area contributed by atoms with Crippen molar-refractivity contribution < 1.29 is 9.53 Å². The average molecular weight is 491 g/mol. The molecular weight excluding hydrogens is 470 g/mol. The van der Waals surface area contributed by atoms with Crippen molar-refractivity contribution in [3.05, 3.63) is 58.2 Å². The number of urea groups is 1.